The number of anilines is 1. The predicted molar refractivity (Wildman–Crippen MR) is 114 cm³/mol. The van der Waals surface area contributed by atoms with Gasteiger partial charge in [-0.15, -0.1) is 0 Å². The summed E-state index contributed by atoms with van der Waals surface area (Å²) in [5.41, 5.74) is 1.26. The van der Waals surface area contributed by atoms with Crippen molar-refractivity contribution in [3.8, 4) is 5.75 Å². The Balaban J connectivity index is 1.64. The molecular weight excluding hydrogens is 437 g/mol. The van der Waals surface area contributed by atoms with Crippen LogP contribution in [0.5, 0.6) is 5.75 Å². The lowest BCUT2D eigenvalue weighted by Crippen LogP contribution is -2.43. The number of hydrogen-bond acceptors (Lipinski definition) is 5. The second-order valence-corrected chi connectivity index (χ2v) is 7.89. The van der Waals surface area contributed by atoms with E-state index in [1.54, 1.807) is 11.6 Å². The Labute approximate surface area is 187 Å². The van der Waals surface area contributed by atoms with E-state index in [-0.39, 0.29) is 30.5 Å². The van der Waals surface area contributed by atoms with Gasteiger partial charge in [0.15, 0.2) is 5.78 Å². The quantitative estimate of drug-likeness (QED) is 0.534. The van der Waals surface area contributed by atoms with Gasteiger partial charge in [-0.3, -0.25) is 19.3 Å². The first-order chi connectivity index (χ1) is 15.6. The number of hydrogen-bond donors (Lipinski definition) is 0. The molecule has 1 aliphatic rings. The molecule has 0 aliphatic carbocycles. The number of benzene rings is 1. The average Bonchev–Trinajstić information content (AvgIpc) is 3.20. The SMILES string of the molecule is COc1cncc(C(=O)Cc2cnn3c2C(=O)N(c2ccc(C(F)(F)F)cc2)C[C@@H]3C)c1C. The molecule has 10 heteroatoms. The van der Waals surface area contributed by atoms with E-state index in [1.807, 2.05) is 6.92 Å². The van der Waals surface area contributed by atoms with Crippen molar-refractivity contribution in [2.75, 3.05) is 18.6 Å². The fourth-order valence-corrected chi connectivity index (χ4v) is 3.96. The molecule has 1 aromatic carbocycles. The van der Waals surface area contributed by atoms with Gasteiger partial charge in [-0.25, -0.2) is 0 Å². The highest BCUT2D eigenvalue weighted by Gasteiger charge is 2.35. The number of amides is 1. The Hall–Kier alpha value is -3.69. The van der Waals surface area contributed by atoms with Gasteiger partial charge in [0, 0.05) is 41.5 Å². The van der Waals surface area contributed by atoms with Crippen molar-refractivity contribution < 1.29 is 27.5 Å². The van der Waals surface area contributed by atoms with Crippen LogP contribution in [-0.2, 0) is 12.6 Å². The summed E-state index contributed by atoms with van der Waals surface area (Å²) in [6.45, 7) is 3.84. The van der Waals surface area contributed by atoms with Gasteiger partial charge in [-0.2, -0.15) is 18.3 Å². The number of pyridine rings is 1. The zero-order valence-corrected chi connectivity index (χ0v) is 18.2. The summed E-state index contributed by atoms with van der Waals surface area (Å²) in [7, 11) is 1.49. The zero-order valence-electron chi connectivity index (χ0n) is 18.2. The molecule has 0 bridgehead atoms. The second kappa shape index (κ2) is 8.34. The lowest BCUT2D eigenvalue weighted by Gasteiger charge is -2.32. The van der Waals surface area contributed by atoms with Crippen LogP contribution in [0.15, 0.2) is 42.9 Å². The zero-order chi connectivity index (χ0) is 23.9. The minimum Gasteiger partial charge on any atom is -0.495 e. The number of methoxy groups -OCH3 is 1. The Bertz CT molecular complexity index is 1220. The van der Waals surface area contributed by atoms with E-state index >= 15 is 0 Å². The Morgan fingerprint density at radius 2 is 1.88 bits per heavy atom. The lowest BCUT2D eigenvalue weighted by molar-refractivity contribution is -0.137. The number of nitrogens with zero attached hydrogens (tertiary/aromatic N) is 4. The van der Waals surface area contributed by atoms with Gasteiger partial charge in [-0.05, 0) is 38.1 Å². The molecule has 33 heavy (non-hydrogen) atoms. The van der Waals surface area contributed by atoms with Gasteiger partial charge in [-0.1, -0.05) is 0 Å². The fraction of sp³-hybridized carbons (Fsp3) is 0.304. The number of halogens is 3. The summed E-state index contributed by atoms with van der Waals surface area (Å²) in [6.07, 6.45) is -0.0850. The number of ether oxygens (including phenoxy) is 1. The van der Waals surface area contributed by atoms with E-state index < -0.39 is 17.6 Å². The monoisotopic (exact) mass is 458 g/mol. The van der Waals surface area contributed by atoms with Gasteiger partial charge in [0.05, 0.1) is 31.1 Å². The molecule has 0 N–H and O–H groups in total. The first-order valence-electron chi connectivity index (χ1n) is 10.2. The summed E-state index contributed by atoms with van der Waals surface area (Å²) in [5.74, 6) is -0.188. The summed E-state index contributed by atoms with van der Waals surface area (Å²) >= 11 is 0. The molecule has 3 aromatic rings. The summed E-state index contributed by atoms with van der Waals surface area (Å²) in [4.78, 5) is 31.8. The molecule has 0 saturated carbocycles. The molecule has 1 atom stereocenters. The molecule has 3 heterocycles. The van der Waals surface area contributed by atoms with Crippen molar-refractivity contribution in [2.24, 2.45) is 0 Å². The number of aromatic nitrogens is 3. The molecule has 0 spiro atoms. The minimum absolute atomic E-state index is 0.0790. The van der Waals surface area contributed by atoms with Crippen molar-refractivity contribution in [1.82, 2.24) is 14.8 Å². The standard InChI is InChI=1S/C23H21F3N4O3/c1-13-12-29(17-6-4-16(5-7-17)23(24,25)26)22(32)21-15(9-28-30(13)21)8-19(31)18-10-27-11-20(33-3)14(18)2/h4-7,9-11,13H,8,12H2,1-3H3/t13-/m0/s1. The fourth-order valence-electron chi connectivity index (χ4n) is 3.96. The van der Waals surface area contributed by atoms with E-state index in [1.165, 1.54) is 42.7 Å². The molecule has 0 saturated heterocycles. The van der Waals surface area contributed by atoms with Crippen molar-refractivity contribution in [1.29, 1.82) is 0 Å². The van der Waals surface area contributed by atoms with Crippen LogP contribution >= 0.6 is 0 Å². The molecule has 172 valence electrons. The van der Waals surface area contributed by atoms with Crippen LogP contribution in [0.2, 0.25) is 0 Å². The number of carbonyl (C=O) groups excluding carboxylic acids is 2. The van der Waals surface area contributed by atoms with Gasteiger partial charge in [0.1, 0.15) is 11.4 Å². The molecule has 0 radical (unpaired) electrons. The van der Waals surface area contributed by atoms with Crippen LogP contribution < -0.4 is 9.64 Å². The first kappa shape index (κ1) is 22.5. The number of alkyl halides is 3. The Morgan fingerprint density at radius 1 is 1.18 bits per heavy atom. The summed E-state index contributed by atoms with van der Waals surface area (Å²) in [5, 5.41) is 4.29. The number of ketones is 1. The van der Waals surface area contributed by atoms with E-state index in [0.717, 1.165) is 12.1 Å². The van der Waals surface area contributed by atoms with Crippen molar-refractivity contribution in [2.45, 2.75) is 32.5 Å². The summed E-state index contributed by atoms with van der Waals surface area (Å²) in [6, 6.07) is 4.21. The van der Waals surface area contributed by atoms with Crippen molar-refractivity contribution in [3.05, 3.63) is 70.8 Å². The van der Waals surface area contributed by atoms with Gasteiger partial charge in [0.2, 0.25) is 0 Å². The van der Waals surface area contributed by atoms with Crippen LogP contribution in [0, 0.1) is 6.92 Å². The maximum absolute atomic E-state index is 13.3. The molecular formula is C23H21F3N4O3. The third kappa shape index (κ3) is 4.08. The van der Waals surface area contributed by atoms with E-state index in [2.05, 4.69) is 10.1 Å². The normalized spacial score (nSPS) is 16.0. The number of Topliss-reactive ketones (excluding diaryl/α,β-unsaturated/α-hetero) is 1. The maximum Gasteiger partial charge on any atom is 0.416 e. The van der Waals surface area contributed by atoms with Crippen LogP contribution in [0.4, 0.5) is 18.9 Å². The molecule has 1 amide bonds. The van der Waals surface area contributed by atoms with Gasteiger partial charge in [0.25, 0.3) is 5.91 Å². The number of rotatable bonds is 5. The van der Waals surface area contributed by atoms with Crippen LogP contribution in [0.3, 0.4) is 0 Å². The molecule has 0 unspecified atom stereocenters. The van der Waals surface area contributed by atoms with E-state index in [4.69, 9.17) is 4.74 Å². The molecule has 2 aromatic heterocycles. The molecule has 0 fully saturated rings. The average molecular weight is 458 g/mol. The highest BCUT2D eigenvalue weighted by atomic mass is 19.4. The first-order valence-corrected chi connectivity index (χ1v) is 10.2. The van der Waals surface area contributed by atoms with Crippen LogP contribution in [-0.4, -0.2) is 40.1 Å². The smallest absolute Gasteiger partial charge is 0.416 e. The van der Waals surface area contributed by atoms with Crippen LogP contribution in [0.1, 0.15) is 50.5 Å². The maximum atomic E-state index is 13.3. The Morgan fingerprint density at radius 3 is 2.52 bits per heavy atom. The second-order valence-electron chi connectivity index (χ2n) is 7.89. The Kier molecular flexibility index (Phi) is 5.69. The number of fused-ring (bicyclic) bond motifs is 1. The van der Waals surface area contributed by atoms with Crippen molar-refractivity contribution >= 4 is 17.4 Å². The van der Waals surface area contributed by atoms with E-state index in [9.17, 15) is 22.8 Å². The molecule has 7 nitrogen and oxygen atoms in total. The number of carbonyl (C=O) groups is 2. The highest BCUT2D eigenvalue weighted by Crippen LogP contribution is 2.33. The third-order valence-corrected chi connectivity index (χ3v) is 5.73. The van der Waals surface area contributed by atoms with Crippen LogP contribution in [0.25, 0.3) is 0 Å². The lowest BCUT2D eigenvalue weighted by atomic mass is 9.99. The van der Waals surface area contributed by atoms with Gasteiger partial charge < -0.3 is 9.64 Å². The van der Waals surface area contributed by atoms with Crippen molar-refractivity contribution in [3.63, 3.8) is 0 Å². The minimum atomic E-state index is -4.46. The largest absolute Gasteiger partial charge is 0.495 e. The topological polar surface area (TPSA) is 77.3 Å². The predicted octanol–water partition coefficient (Wildman–Crippen LogP) is 4.26. The van der Waals surface area contributed by atoms with E-state index in [0.29, 0.717) is 28.1 Å². The van der Waals surface area contributed by atoms with Gasteiger partial charge >= 0.3 is 6.18 Å². The third-order valence-electron chi connectivity index (χ3n) is 5.73. The molecule has 1 aliphatic heterocycles. The molecule has 4 rings (SSSR count). The highest BCUT2D eigenvalue weighted by molar-refractivity contribution is 6.08. The summed E-state index contributed by atoms with van der Waals surface area (Å²) < 4.78 is 45.5.